The van der Waals surface area contributed by atoms with Crippen molar-refractivity contribution in [2.75, 3.05) is 31.6 Å². The molecule has 4 heterocycles. The molecule has 30 heavy (non-hydrogen) atoms. The van der Waals surface area contributed by atoms with Gasteiger partial charge in [0.05, 0.1) is 12.1 Å². The Morgan fingerprint density at radius 1 is 1.27 bits per heavy atom. The average molecular weight is 426 g/mol. The van der Waals surface area contributed by atoms with Crippen LogP contribution in [0.3, 0.4) is 0 Å². The van der Waals surface area contributed by atoms with E-state index < -0.39 is 0 Å². The van der Waals surface area contributed by atoms with E-state index in [0.29, 0.717) is 49.1 Å². The Labute approximate surface area is 178 Å². The molecule has 2 aliphatic heterocycles. The van der Waals surface area contributed by atoms with Crippen LogP contribution in [0.2, 0.25) is 0 Å². The summed E-state index contributed by atoms with van der Waals surface area (Å²) in [4.78, 5) is 53.3. The van der Waals surface area contributed by atoms with E-state index in [1.807, 2.05) is 4.90 Å². The summed E-state index contributed by atoms with van der Waals surface area (Å²) in [5.41, 5.74) is 2.03. The molecule has 2 aromatic rings. The van der Waals surface area contributed by atoms with Gasteiger partial charge < -0.3 is 14.7 Å². The lowest BCUT2D eigenvalue weighted by Gasteiger charge is -2.27. The fourth-order valence-electron chi connectivity index (χ4n) is 4.12. The molecule has 9 heteroatoms. The Bertz CT molecular complexity index is 1060. The fourth-order valence-corrected chi connectivity index (χ4v) is 5.50. The fraction of sp³-hybridized carbons (Fsp3) is 0.476. The van der Waals surface area contributed by atoms with E-state index in [1.54, 1.807) is 31.1 Å². The molecule has 0 atom stereocenters. The van der Waals surface area contributed by atoms with Crippen molar-refractivity contribution in [3.05, 3.63) is 39.8 Å². The number of hydrogen-bond acceptors (Lipinski definition) is 6. The van der Waals surface area contributed by atoms with Crippen LogP contribution in [-0.2, 0) is 17.8 Å². The zero-order chi connectivity index (χ0) is 21.0. The van der Waals surface area contributed by atoms with Crippen LogP contribution in [0.15, 0.2) is 12.3 Å². The number of aromatic nitrogens is 2. The average Bonchev–Trinajstić information content (AvgIpc) is 3.49. The normalized spacial score (nSPS) is 18.9. The van der Waals surface area contributed by atoms with Gasteiger partial charge in [0.15, 0.2) is 0 Å². The van der Waals surface area contributed by atoms with Gasteiger partial charge in [-0.25, -0.2) is 9.97 Å². The van der Waals surface area contributed by atoms with Gasteiger partial charge in [0.2, 0.25) is 5.91 Å². The van der Waals surface area contributed by atoms with Crippen molar-refractivity contribution in [2.24, 2.45) is 5.92 Å². The summed E-state index contributed by atoms with van der Waals surface area (Å²) in [6.45, 7) is 3.49. The predicted molar refractivity (Wildman–Crippen MR) is 112 cm³/mol. The highest BCUT2D eigenvalue weighted by atomic mass is 32.1. The molecule has 0 radical (unpaired) electrons. The largest absolute Gasteiger partial charge is 0.332 e. The first-order valence-electron chi connectivity index (χ1n) is 10.2. The Morgan fingerprint density at radius 2 is 2.07 bits per heavy atom. The van der Waals surface area contributed by atoms with Gasteiger partial charge in [-0.1, -0.05) is 0 Å². The van der Waals surface area contributed by atoms with Gasteiger partial charge in [0, 0.05) is 31.2 Å². The topological polar surface area (TPSA) is 86.7 Å². The van der Waals surface area contributed by atoms with E-state index in [4.69, 9.17) is 0 Å². The van der Waals surface area contributed by atoms with Crippen LogP contribution in [0.25, 0.3) is 0 Å². The number of fused-ring (bicyclic) bond motifs is 3. The van der Waals surface area contributed by atoms with E-state index in [2.05, 4.69) is 9.97 Å². The minimum atomic E-state index is -0.135. The zero-order valence-electron chi connectivity index (χ0n) is 17.1. The molecule has 0 unspecified atom stereocenters. The maximum atomic E-state index is 13.1. The van der Waals surface area contributed by atoms with Gasteiger partial charge in [-0.3, -0.25) is 14.4 Å². The number of carbonyl (C=O) groups excluding carboxylic acids is 3. The molecule has 0 spiro atoms. The highest BCUT2D eigenvalue weighted by Gasteiger charge is 2.39. The lowest BCUT2D eigenvalue weighted by atomic mass is 10.0. The number of rotatable bonds is 3. The number of aryl methyl sites for hydroxylation is 1. The summed E-state index contributed by atoms with van der Waals surface area (Å²) in [7, 11) is 1.69. The predicted octanol–water partition coefficient (Wildman–Crippen LogP) is 1.87. The third-order valence-corrected chi connectivity index (χ3v) is 7.18. The van der Waals surface area contributed by atoms with Crippen molar-refractivity contribution in [1.29, 1.82) is 0 Å². The van der Waals surface area contributed by atoms with E-state index in [0.717, 1.165) is 28.3 Å². The Kier molecular flexibility index (Phi) is 4.57. The molecule has 156 valence electrons. The standard InChI is InChI=1S/C21H23N5O3S/c1-12-22-7-5-15(23-12)19(28)25-8-6-14-16(10-25)30-21-18(14)20(29)24(2)11-17(27)26(21)9-13-3-4-13/h5,7,13H,3-4,6,8-11H2,1-2H3. The van der Waals surface area contributed by atoms with Crippen LogP contribution in [0.1, 0.15) is 50.0 Å². The number of likely N-dealkylation sites (N-methyl/N-ethyl adjacent to an activating group) is 1. The van der Waals surface area contributed by atoms with Crippen molar-refractivity contribution in [3.8, 4) is 0 Å². The second-order valence-corrected chi connectivity index (χ2v) is 9.34. The van der Waals surface area contributed by atoms with Crippen LogP contribution in [-0.4, -0.2) is 64.2 Å². The summed E-state index contributed by atoms with van der Waals surface area (Å²) in [6, 6.07) is 1.63. The van der Waals surface area contributed by atoms with E-state index in [-0.39, 0.29) is 24.3 Å². The second kappa shape index (κ2) is 7.16. The Morgan fingerprint density at radius 3 is 2.80 bits per heavy atom. The van der Waals surface area contributed by atoms with E-state index in [9.17, 15) is 14.4 Å². The molecule has 3 aliphatic rings. The third kappa shape index (κ3) is 3.27. The quantitative estimate of drug-likeness (QED) is 0.749. The summed E-state index contributed by atoms with van der Waals surface area (Å²) in [5, 5.41) is 0.762. The molecule has 8 nitrogen and oxygen atoms in total. The molecule has 0 saturated heterocycles. The zero-order valence-corrected chi connectivity index (χ0v) is 17.9. The van der Waals surface area contributed by atoms with Crippen molar-refractivity contribution >= 4 is 34.1 Å². The van der Waals surface area contributed by atoms with Crippen LogP contribution < -0.4 is 4.90 Å². The van der Waals surface area contributed by atoms with Gasteiger partial charge in [-0.2, -0.15) is 0 Å². The number of thiophene rings is 1. The maximum Gasteiger partial charge on any atom is 0.272 e. The summed E-state index contributed by atoms with van der Waals surface area (Å²) in [5.74, 6) is 0.826. The van der Waals surface area contributed by atoms with E-state index in [1.165, 1.54) is 16.2 Å². The lowest BCUT2D eigenvalue weighted by molar-refractivity contribution is -0.119. The van der Waals surface area contributed by atoms with Gasteiger partial charge >= 0.3 is 0 Å². The van der Waals surface area contributed by atoms with Gasteiger partial charge in [0.1, 0.15) is 23.1 Å². The minimum Gasteiger partial charge on any atom is -0.332 e. The molecule has 5 rings (SSSR count). The second-order valence-electron chi connectivity index (χ2n) is 8.26. The molecule has 1 fully saturated rings. The molecule has 0 bridgehead atoms. The third-order valence-electron chi connectivity index (χ3n) is 5.94. The number of hydrogen-bond donors (Lipinski definition) is 0. The Hall–Kier alpha value is -2.81. The van der Waals surface area contributed by atoms with Gasteiger partial charge in [-0.05, 0) is 43.7 Å². The minimum absolute atomic E-state index is 0.0282. The molecule has 1 saturated carbocycles. The molecule has 2 aromatic heterocycles. The molecular weight excluding hydrogens is 402 g/mol. The molecule has 0 N–H and O–H groups in total. The van der Waals surface area contributed by atoms with Crippen LogP contribution >= 0.6 is 11.3 Å². The van der Waals surface area contributed by atoms with Gasteiger partial charge in [-0.15, -0.1) is 11.3 Å². The molecule has 3 amide bonds. The van der Waals surface area contributed by atoms with Crippen molar-refractivity contribution in [2.45, 2.75) is 32.7 Å². The highest BCUT2D eigenvalue weighted by molar-refractivity contribution is 7.17. The van der Waals surface area contributed by atoms with Crippen LogP contribution in [0, 0.1) is 12.8 Å². The number of anilines is 1. The van der Waals surface area contributed by atoms with Crippen LogP contribution in [0.5, 0.6) is 0 Å². The van der Waals surface area contributed by atoms with Crippen molar-refractivity contribution in [3.63, 3.8) is 0 Å². The molecule has 1 aliphatic carbocycles. The maximum absolute atomic E-state index is 13.1. The summed E-state index contributed by atoms with van der Waals surface area (Å²) < 4.78 is 0. The lowest BCUT2D eigenvalue weighted by Crippen LogP contribution is -2.39. The van der Waals surface area contributed by atoms with Crippen LogP contribution in [0.4, 0.5) is 5.00 Å². The SMILES string of the molecule is Cc1nccc(C(=O)N2CCc3c(sc4c3C(=O)N(C)CC(=O)N4CC3CC3)C2)n1. The summed E-state index contributed by atoms with van der Waals surface area (Å²) >= 11 is 1.49. The summed E-state index contributed by atoms with van der Waals surface area (Å²) in [6.07, 6.45) is 4.46. The molecular formula is C21H23N5O3S. The monoisotopic (exact) mass is 425 g/mol. The van der Waals surface area contributed by atoms with Crippen molar-refractivity contribution < 1.29 is 14.4 Å². The number of amides is 3. The highest BCUT2D eigenvalue weighted by Crippen LogP contribution is 2.43. The molecule has 0 aromatic carbocycles. The number of nitrogens with zero attached hydrogens (tertiary/aromatic N) is 5. The first-order valence-corrected chi connectivity index (χ1v) is 11.0. The number of carbonyl (C=O) groups is 3. The first-order chi connectivity index (χ1) is 14.4. The first kappa shape index (κ1) is 19.2. The Balaban J connectivity index is 1.49. The van der Waals surface area contributed by atoms with Crippen molar-refractivity contribution in [1.82, 2.24) is 19.8 Å². The van der Waals surface area contributed by atoms with Gasteiger partial charge in [0.25, 0.3) is 11.8 Å². The van der Waals surface area contributed by atoms with E-state index >= 15 is 0 Å². The smallest absolute Gasteiger partial charge is 0.272 e.